The topological polar surface area (TPSA) is 121 Å². The molecule has 1 rings (SSSR count). The highest BCUT2D eigenvalue weighted by atomic mass is 16.6. The fourth-order valence-electron chi connectivity index (χ4n) is 1.29. The summed E-state index contributed by atoms with van der Waals surface area (Å²) in [5.41, 5.74) is -0.875. The Bertz CT molecular complexity index is 598. The summed E-state index contributed by atoms with van der Waals surface area (Å²) in [4.78, 5) is 31.0. The van der Waals surface area contributed by atoms with E-state index in [1.165, 1.54) is 6.07 Å². The molecule has 7 heteroatoms. The molecule has 0 bridgehead atoms. The molecular weight excluding hydrogens is 240 g/mol. The second kappa shape index (κ2) is 5.36. The van der Waals surface area contributed by atoms with Crippen LogP contribution in [0.25, 0.3) is 6.08 Å². The van der Waals surface area contributed by atoms with E-state index < -0.39 is 16.6 Å². The summed E-state index contributed by atoms with van der Waals surface area (Å²) >= 11 is 0. The lowest BCUT2D eigenvalue weighted by molar-refractivity contribution is -0.385. The van der Waals surface area contributed by atoms with Crippen LogP contribution in [-0.4, -0.2) is 22.3 Å². The molecule has 7 nitrogen and oxygen atoms in total. The summed E-state index contributed by atoms with van der Waals surface area (Å²) in [6.45, 7) is 0. The summed E-state index contributed by atoms with van der Waals surface area (Å²) in [5.74, 6) is -1.23. The number of benzene rings is 1. The van der Waals surface area contributed by atoms with E-state index in [9.17, 15) is 19.7 Å². The van der Waals surface area contributed by atoms with Gasteiger partial charge in [0, 0.05) is 12.1 Å². The Morgan fingerprint density at radius 3 is 2.61 bits per heavy atom. The van der Waals surface area contributed by atoms with Crippen molar-refractivity contribution in [3.8, 4) is 6.07 Å². The lowest BCUT2D eigenvalue weighted by atomic mass is 10.0. The van der Waals surface area contributed by atoms with Gasteiger partial charge in [0.05, 0.1) is 10.5 Å². The van der Waals surface area contributed by atoms with E-state index in [1.807, 2.05) is 0 Å². The predicted molar refractivity (Wildman–Crippen MR) is 59.9 cm³/mol. The molecule has 0 radical (unpaired) electrons. The van der Waals surface area contributed by atoms with Crippen molar-refractivity contribution in [3.05, 3.63) is 45.0 Å². The zero-order valence-electron chi connectivity index (χ0n) is 8.86. The Labute approximate surface area is 101 Å². The quantitative estimate of drug-likeness (QED) is 0.370. The molecule has 0 aliphatic rings. The number of aliphatic carboxylic acids is 1. The molecule has 0 unspecified atom stereocenters. The number of nitriles is 1. The Morgan fingerprint density at radius 1 is 1.50 bits per heavy atom. The molecule has 1 aromatic rings. The first-order chi connectivity index (χ1) is 8.49. The van der Waals surface area contributed by atoms with Gasteiger partial charge in [-0.3, -0.25) is 14.9 Å². The maximum atomic E-state index is 10.7. The first-order valence-corrected chi connectivity index (χ1v) is 4.58. The zero-order valence-corrected chi connectivity index (χ0v) is 8.86. The molecule has 0 heterocycles. The van der Waals surface area contributed by atoms with Gasteiger partial charge >= 0.3 is 5.97 Å². The SMILES string of the molecule is N#Cc1cc(/C=C/C(=O)O)cc([N+](=O)[O-])c1C=O. The Hall–Kier alpha value is -3.01. The van der Waals surface area contributed by atoms with Gasteiger partial charge in [0.15, 0.2) is 6.29 Å². The van der Waals surface area contributed by atoms with Crippen LogP contribution in [0, 0.1) is 21.4 Å². The number of carbonyl (C=O) groups excluding carboxylic acids is 1. The van der Waals surface area contributed by atoms with Crippen molar-refractivity contribution in [1.82, 2.24) is 0 Å². The Kier molecular flexibility index (Phi) is 3.89. The van der Waals surface area contributed by atoms with Crippen LogP contribution in [0.5, 0.6) is 0 Å². The molecule has 0 fully saturated rings. The molecule has 18 heavy (non-hydrogen) atoms. The Balaban J connectivity index is 3.47. The average molecular weight is 246 g/mol. The van der Waals surface area contributed by atoms with Gasteiger partial charge in [-0.25, -0.2) is 4.79 Å². The van der Waals surface area contributed by atoms with E-state index in [4.69, 9.17) is 10.4 Å². The van der Waals surface area contributed by atoms with Crippen LogP contribution in [0.4, 0.5) is 5.69 Å². The molecular formula is C11H6N2O5. The van der Waals surface area contributed by atoms with E-state index in [1.54, 1.807) is 6.07 Å². The average Bonchev–Trinajstić information content (AvgIpc) is 2.34. The predicted octanol–water partition coefficient (Wildman–Crippen LogP) is 1.38. The van der Waals surface area contributed by atoms with Crippen molar-refractivity contribution in [1.29, 1.82) is 5.26 Å². The summed E-state index contributed by atoms with van der Waals surface area (Å²) < 4.78 is 0. The number of carboxylic acid groups (broad SMARTS) is 1. The van der Waals surface area contributed by atoms with Gasteiger partial charge in [0.25, 0.3) is 5.69 Å². The van der Waals surface area contributed by atoms with Crippen LogP contribution in [0.2, 0.25) is 0 Å². The van der Waals surface area contributed by atoms with Gasteiger partial charge in [0.1, 0.15) is 11.6 Å². The minimum absolute atomic E-state index is 0.159. The molecule has 0 amide bonds. The maximum absolute atomic E-state index is 10.7. The maximum Gasteiger partial charge on any atom is 0.328 e. The molecule has 0 atom stereocenters. The minimum atomic E-state index is -1.23. The van der Waals surface area contributed by atoms with Gasteiger partial charge in [-0.2, -0.15) is 5.26 Å². The molecule has 1 aromatic carbocycles. The monoisotopic (exact) mass is 246 g/mol. The van der Waals surface area contributed by atoms with Gasteiger partial charge in [-0.1, -0.05) is 0 Å². The summed E-state index contributed by atoms with van der Waals surface area (Å²) in [5, 5.41) is 28.0. The smallest absolute Gasteiger partial charge is 0.328 e. The number of nitro benzene ring substituents is 1. The van der Waals surface area contributed by atoms with Crippen LogP contribution < -0.4 is 0 Å². The summed E-state index contributed by atoms with van der Waals surface area (Å²) in [6.07, 6.45) is 2.10. The van der Waals surface area contributed by atoms with Gasteiger partial charge in [0.2, 0.25) is 0 Å². The minimum Gasteiger partial charge on any atom is -0.478 e. The number of aldehydes is 1. The standard InChI is InChI=1S/C11H6N2O5/c12-5-8-3-7(1-2-11(15)16)4-10(13(17)18)9(8)6-14/h1-4,6H,(H,15,16)/b2-1+. The molecule has 0 saturated carbocycles. The van der Waals surface area contributed by atoms with E-state index >= 15 is 0 Å². The third-order valence-corrected chi connectivity index (χ3v) is 2.03. The lowest BCUT2D eigenvalue weighted by Gasteiger charge is -2.00. The van der Waals surface area contributed by atoms with Crippen molar-refractivity contribution in [2.24, 2.45) is 0 Å². The van der Waals surface area contributed by atoms with Crippen molar-refractivity contribution < 1.29 is 19.6 Å². The van der Waals surface area contributed by atoms with Crippen LogP contribution in [-0.2, 0) is 4.79 Å². The molecule has 0 spiro atoms. The van der Waals surface area contributed by atoms with Gasteiger partial charge < -0.3 is 5.11 Å². The third kappa shape index (κ3) is 2.76. The molecule has 1 N–H and O–H groups in total. The normalized spacial score (nSPS) is 9.94. The first-order valence-electron chi connectivity index (χ1n) is 4.58. The number of carboxylic acids is 1. The van der Waals surface area contributed by atoms with E-state index in [-0.39, 0.29) is 23.0 Å². The Morgan fingerprint density at radius 2 is 2.17 bits per heavy atom. The van der Waals surface area contributed by atoms with Gasteiger partial charge in [-0.05, 0) is 17.7 Å². The van der Waals surface area contributed by atoms with Crippen LogP contribution in [0.1, 0.15) is 21.5 Å². The van der Waals surface area contributed by atoms with E-state index in [2.05, 4.69) is 0 Å². The van der Waals surface area contributed by atoms with Crippen molar-refractivity contribution in [3.63, 3.8) is 0 Å². The third-order valence-electron chi connectivity index (χ3n) is 2.03. The summed E-state index contributed by atoms with van der Waals surface area (Å²) in [7, 11) is 0. The number of hydrogen-bond acceptors (Lipinski definition) is 5. The second-order valence-corrected chi connectivity index (χ2v) is 3.16. The van der Waals surface area contributed by atoms with E-state index in [0.29, 0.717) is 0 Å². The highest BCUT2D eigenvalue weighted by molar-refractivity contribution is 5.88. The molecule has 0 aliphatic heterocycles. The fraction of sp³-hybridized carbons (Fsp3) is 0. The number of nitro groups is 1. The van der Waals surface area contributed by atoms with Crippen molar-refractivity contribution >= 4 is 24.0 Å². The zero-order chi connectivity index (χ0) is 13.7. The van der Waals surface area contributed by atoms with Crippen LogP contribution in [0.15, 0.2) is 18.2 Å². The number of rotatable bonds is 4. The fourth-order valence-corrected chi connectivity index (χ4v) is 1.29. The molecule has 0 saturated heterocycles. The van der Waals surface area contributed by atoms with Crippen LogP contribution in [0.3, 0.4) is 0 Å². The number of carbonyl (C=O) groups is 2. The van der Waals surface area contributed by atoms with Gasteiger partial charge in [-0.15, -0.1) is 0 Å². The molecule has 0 aliphatic carbocycles. The summed E-state index contributed by atoms with van der Waals surface area (Å²) in [6, 6.07) is 3.89. The van der Waals surface area contributed by atoms with Crippen LogP contribution >= 0.6 is 0 Å². The highest BCUT2D eigenvalue weighted by Crippen LogP contribution is 2.23. The largest absolute Gasteiger partial charge is 0.478 e. The number of hydrogen-bond donors (Lipinski definition) is 1. The van der Waals surface area contributed by atoms with E-state index in [0.717, 1.165) is 18.2 Å². The first kappa shape index (κ1) is 13.1. The number of nitrogens with zero attached hydrogens (tertiary/aromatic N) is 2. The molecule has 0 aromatic heterocycles. The van der Waals surface area contributed by atoms with Crippen molar-refractivity contribution in [2.75, 3.05) is 0 Å². The second-order valence-electron chi connectivity index (χ2n) is 3.16. The van der Waals surface area contributed by atoms with Crippen molar-refractivity contribution in [2.45, 2.75) is 0 Å². The molecule has 90 valence electrons. The lowest BCUT2D eigenvalue weighted by Crippen LogP contribution is -1.98. The highest BCUT2D eigenvalue weighted by Gasteiger charge is 2.18.